The molecular weight excluding hydrogens is 460 g/mol. The van der Waals surface area contributed by atoms with Crippen LogP contribution in [0.2, 0.25) is 0 Å². The molecule has 3 heterocycles. The van der Waals surface area contributed by atoms with Crippen molar-refractivity contribution in [2.75, 3.05) is 32.6 Å². The number of methoxy groups -OCH3 is 1. The SMILES string of the molecule is COc1ccc2c(c1)C1(CC1c1ccc3c(-c4ccc(C5(C)CCN(C)CC5)cc4)n[nH]c3c1)C(=O)N2. The Kier molecular flexibility index (Phi) is 4.83. The van der Waals surface area contributed by atoms with Gasteiger partial charge in [-0.1, -0.05) is 43.3 Å². The van der Waals surface area contributed by atoms with E-state index in [1.54, 1.807) is 7.11 Å². The van der Waals surface area contributed by atoms with Crippen molar-refractivity contribution in [2.24, 2.45) is 0 Å². The molecule has 2 unspecified atom stereocenters. The third-order valence-corrected chi connectivity index (χ3v) is 9.26. The maximum atomic E-state index is 13.1. The number of likely N-dealkylation sites (tertiary alicyclic amines) is 1. The fourth-order valence-corrected chi connectivity index (χ4v) is 6.60. The summed E-state index contributed by atoms with van der Waals surface area (Å²) in [6.07, 6.45) is 3.19. The summed E-state index contributed by atoms with van der Waals surface area (Å²) in [4.78, 5) is 15.5. The van der Waals surface area contributed by atoms with E-state index in [4.69, 9.17) is 9.84 Å². The fourth-order valence-electron chi connectivity index (χ4n) is 6.60. The topological polar surface area (TPSA) is 70.2 Å². The molecule has 3 aromatic carbocycles. The first-order valence-corrected chi connectivity index (χ1v) is 13.2. The van der Waals surface area contributed by atoms with Gasteiger partial charge in [-0.15, -0.1) is 0 Å². The van der Waals surface area contributed by atoms with Crippen molar-refractivity contribution < 1.29 is 9.53 Å². The normalized spacial score (nSPS) is 24.3. The molecule has 1 saturated heterocycles. The van der Waals surface area contributed by atoms with Gasteiger partial charge in [-0.25, -0.2) is 0 Å². The zero-order valence-corrected chi connectivity index (χ0v) is 21.6. The predicted molar refractivity (Wildman–Crippen MR) is 146 cm³/mol. The predicted octanol–water partition coefficient (Wildman–Crippen LogP) is 5.60. The van der Waals surface area contributed by atoms with Gasteiger partial charge in [0.1, 0.15) is 5.75 Å². The highest BCUT2D eigenvalue weighted by Crippen LogP contribution is 2.65. The number of nitrogens with zero attached hydrogens (tertiary/aromatic N) is 2. The van der Waals surface area contributed by atoms with Gasteiger partial charge in [0.25, 0.3) is 0 Å². The molecule has 37 heavy (non-hydrogen) atoms. The lowest BCUT2D eigenvalue weighted by Crippen LogP contribution is -2.38. The minimum atomic E-state index is -0.500. The Morgan fingerprint density at radius 1 is 1.03 bits per heavy atom. The number of H-pyrrole nitrogens is 1. The second-order valence-corrected chi connectivity index (χ2v) is 11.4. The number of carbonyl (C=O) groups is 1. The van der Waals surface area contributed by atoms with Crippen LogP contribution in [0.3, 0.4) is 0 Å². The molecule has 6 nitrogen and oxygen atoms in total. The van der Waals surface area contributed by atoms with E-state index in [9.17, 15) is 4.79 Å². The van der Waals surface area contributed by atoms with Crippen LogP contribution in [0, 0.1) is 0 Å². The number of fused-ring (bicyclic) bond motifs is 3. The number of ether oxygens (including phenoxy) is 1. The van der Waals surface area contributed by atoms with E-state index < -0.39 is 5.41 Å². The Morgan fingerprint density at radius 2 is 1.81 bits per heavy atom. The summed E-state index contributed by atoms with van der Waals surface area (Å²) in [5, 5.41) is 12.1. The van der Waals surface area contributed by atoms with Gasteiger partial charge >= 0.3 is 0 Å². The summed E-state index contributed by atoms with van der Waals surface area (Å²) in [6.45, 7) is 4.69. The van der Waals surface area contributed by atoms with Crippen LogP contribution >= 0.6 is 0 Å². The number of anilines is 1. The summed E-state index contributed by atoms with van der Waals surface area (Å²) in [7, 11) is 3.87. The minimum absolute atomic E-state index is 0.0875. The number of carbonyl (C=O) groups excluding carboxylic acids is 1. The highest BCUT2D eigenvalue weighted by atomic mass is 16.5. The molecule has 0 bridgehead atoms. The zero-order valence-electron chi connectivity index (χ0n) is 21.6. The molecule has 7 rings (SSSR count). The van der Waals surface area contributed by atoms with Crippen molar-refractivity contribution >= 4 is 22.5 Å². The molecule has 1 spiro atoms. The Bertz CT molecular complexity index is 1530. The van der Waals surface area contributed by atoms with Crippen LogP contribution in [0.1, 0.15) is 48.8 Å². The van der Waals surface area contributed by atoms with Crippen LogP contribution in [-0.4, -0.2) is 48.3 Å². The third kappa shape index (κ3) is 3.35. The lowest BCUT2D eigenvalue weighted by atomic mass is 9.74. The van der Waals surface area contributed by atoms with Crippen molar-refractivity contribution in [3.63, 3.8) is 0 Å². The number of benzene rings is 3. The molecule has 1 aliphatic carbocycles. The summed E-state index contributed by atoms with van der Waals surface area (Å²) >= 11 is 0. The van der Waals surface area contributed by atoms with E-state index >= 15 is 0 Å². The van der Waals surface area contributed by atoms with Gasteiger partial charge in [0.15, 0.2) is 0 Å². The summed E-state index contributed by atoms with van der Waals surface area (Å²) in [5.74, 6) is 1.01. The quantitative estimate of drug-likeness (QED) is 0.389. The highest BCUT2D eigenvalue weighted by Gasteiger charge is 2.65. The molecule has 3 aliphatic rings. The standard InChI is InChI=1S/C31H32N4O2/c1-30(12-14-35(2)15-13-30)21-7-4-19(5-8-21)28-23-10-6-20(16-27(23)33-34-28)25-18-31(25)24-17-22(37-3)9-11-26(24)32-29(31)36/h4-11,16-17,25H,12-15,18H2,1-3H3,(H,32,36)(H,33,34). The lowest BCUT2D eigenvalue weighted by molar-refractivity contribution is -0.118. The van der Waals surface area contributed by atoms with E-state index in [-0.39, 0.29) is 17.2 Å². The van der Waals surface area contributed by atoms with E-state index in [2.05, 4.69) is 71.8 Å². The van der Waals surface area contributed by atoms with Gasteiger partial charge in [0.05, 0.1) is 23.7 Å². The van der Waals surface area contributed by atoms with Gasteiger partial charge in [0.2, 0.25) is 5.91 Å². The first-order valence-electron chi connectivity index (χ1n) is 13.2. The van der Waals surface area contributed by atoms with Crippen LogP contribution in [0.4, 0.5) is 5.69 Å². The molecule has 188 valence electrons. The summed E-state index contributed by atoms with van der Waals surface area (Å²) < 4.78 is 5.44. The second-order valence-electron chi connectivity index (χ2n) is 11.4. The van der Waals surface area contributed by atoms with E-state index in [1.807, 2.05) is 18.2 Å². The number of hydrogen-bond acceptors (Lipinski definition) is 4. The number of nitrogens with one attached hydrogen (secondary N) is 2. The molecule has 2 fully saturated rings. The molecule has 1 amide bonds. The Balaban J connectivity index is 1.17. The molecule has 2 aliphatic heterocycles. The first kappa shape index (κ1) is 22.5. The van der Waals surface area contributed by atoms with Crippen LogP contribution in [0.25, 0.3) is 22.2 Å². The number of piperidine rings is 1. The number of aromatic amines is 1. The minimum Gasteiger partial charge on any atom is -0.497 e. The molecule has 0 radical (unpaired) electrons. The average Bonchev–Trinajstić information content (AvgIpc) is 3.45. The summed E-state index contributed by atoms with van der Waals surface area (Å²) in [6, 6.07) is 21.3. The van der Waals surface area contributed by atoms with Gasteiger partial charge in [-0.05, 0) is 85.8 Å². The molecule has 1 aromatic heterocycles. The molecule has 2 N–H and O–H groups in total. The number of rotatable bonds is 4. The Labute approximate surface area is 217 Å². The third-order valence-electron chi connectivity index (χ3n) is 9.26. The van der Waals surface area contributed by atoms with Crippen LogP contribution in [0.15, 0.2) is 60.7 Å². The maximum Gasteiger partial charge on any atom is 0.235 e. The van der Waals surface area contributed by atoms with Gasteiger partial charge in [0, 0.05) is 22.6 Å². The van der Waals surface area contributed by atoms with Crippen molar-refractivity contribution in [1.82, 2.24) is 15.1 Å². The van der Waals surface area contributed by atoms with Crippen molar-refractivity contribution in [2.45, 2.75) is 42.9 Å². The Hall–Kier alpha value is -3.64. The maximum absolute atomic E-state index is 13.1. The molecular formula is C31H32N4O2. The van der Waals surface area contributed by atoms with E-state index in [0.717, 1.165) is 58.7 Å². The largest absolute Gasteiger partial charge is 0.497 e. The van der Waals surface area contributed by atoms with Crippen LogP contribution in [0.5, 0.6) is 5.75 Å². The monoisotopic (exact) mass is 492 g/mol. The average molecular weight is 493 g/mol. The van der Waals surface area contributed by atoms with Crippen molar-refractivity contribution in [3.05, 3.63) is 77.4 Å². The van der Waals surface area contributed by atoms with Crippen molar-refractivity contribution in [3.8, 4) is 17.0 Å². The van der Waals surface area contributed by atoms with Crippen LogP contribution < -0.4 is 10.1 Å². The van der Waals surface area contributed by atoms with Gasteiger partial charge < -0.3 is 15.0 Å². The number of hydrogen-bond donors (Lipinski definition) is 2. The highest BCUT2D eigenvalue weighted by molar-refractivity contribution is 6.10. The van der Waals surface area contributed by atoms with E-state index in [1.165, 1.54) is 24.0 Å². The lowest BCUT2D eigenvalue weighted by Gasteiger charge is -2.38. The van der Waals surface area contributed by atoms with Gasteiger partial charge in [-0.3, -0.25) is 9.89 Å². The van der Waals surface area contributed by atoms with Crippen LogP contribution in [-0.2, 0) is 15.6 Å². The molecule has 4 aromatic rings. The zero-order chi connectivity index (χ0) is 25.4. The first-order chi connectivity index (χ1) is 17.9. The number of amides is 1. The fraction of sp³-hybridized carbons (Fsp3) is 0.355. The Morgan fingerprint density at radius 3 is 2.57 bits per heavy atom. The van der Waals surface area contributed by atoms with E-state index in [0.29, 0.717) is 0 Å². The summed E-state index contributed by atoms with van der Waals surface area (Å²) in [5.41, 5.74) is 7.37. The van der Waals surface area contributed by atoms with Gasteiger partial charge in [-0.2, -0.15) is 5.10 Å². The molecule has 6 heteroatoms. The number of aromatic nitrogens is 2. The second kappa shape index (κ2) is 7.93. The van der Waals surface area contributed by atoms with Crippen molar-refractivity contribution in [1.29, 1.82) is 0 Å². The smallest absolute Gasteiger partial charge is 0.235 e. The molecule has 2 atom stereocenters. The molecule has 1 saturated carbocycles.